The highest BCUT2D eigenvalue weighted by Gasteiger charge is 2.29. The zero-order valence-electron chi connectivity index (χ0n) is 17.3. The summed E-state index contributed by atoms with van der Waals surface area (Å²) in [4.78, 5) is 28.0. The van der Waals surface area contributed by atoms with Gasteiger partial charge in [-0.15, -0.1) is 0 Å². The van der Waals surface area contributed by atoms with Gasteiger partial charge in [-0.05, 0) is 36.6 Å². The van der Waals surface area contributed by atoms with Gasteiger partial charge in [-0.2, -0.15) is 0 Å². The van der Waals surface area contributed by atoms with Gasteiger partial charge in [0.2, 0.25) is 5.91 Å². The van der Waals surface area contributed by atoms with E-state index in [2.05, 4.69) is 16.8 Å². The number of amides is 1. The monoisotopic (exact) mass is 438 g/mol. The highest BCUT2D eigenvalue weighted by molar-refractivity contribution is 7.71. The minimum absolute atomic E-state index is 0.0230. The fourth-order valence-corrected chi connectivity index (χ4v) is 4.45. The number of carbonyl (C=O) groups is 1. The minimum Gasteiger partial charge on any atom is -0.490 e. The molecule has 3 aromatic rings. The van der Waals surface area contributed by atoms with E-state index in [1.54, 1.807) is 22.9 Å². The fourth-order valence-electron chi connectivity index (χ4n) is 4.08. The van der Waals surface area contributed by atoms with Crippen LogP contribution in [0.5, 0.6) is 5.75 Å². The van der Waals surface area contributed by atoms with Gasteiger partial charge in [0.05, 0.1) is 5.52 Å². The molecule has 162 valence electrons. The maximum Gasteiger partial charge on any atom is 0.274 e. The van der Waals surface area contributed by atoms with Crippen molar-refractivity contribution in [3.8, 4) is 5.75 Å². The summed E-state index contributed by atoms with van der Waals surface area (Å²) in [6.45, 7) is 5.51. The normalized spacial score (nSPS) is 15.4. The number of aromatic nitrogens is 3. The summed E-state index contributed by atoms with van der Waals surface area (Å²) in [6, 6.07) is 8.55. The lowest BCUT2D eigenvalue weighted by molar-refractivity contribution is -0.133. The van der Waals surface area contributed by atoms with Gasteiger partial charge in [0.25, 0.3) is 5.56 Å². The van der Waals surface area contributed by atoms with Crippen molar-refractivity contribution in [1.82, 2.24) is 19.7 Å². The maximum atomic E-state index is 13.8. The average molecular weight is 439 g/mol. The number of ether oxygens (including phenoxy) is 1. The van der Waals surface area contributed by atoms with E-state index in [0.717, 1.165) is 44.3 Å². The number of aromatic amines is 2. The topological polar surface area (TPSA) is 83.1 Å². The van der Waals surface area contributed by atoms with Gasteiger partial charge in [0, 0.05) is 19.3 Å². The molecule has 0 aliphatic carbocycles. The third-order valence-electron chi connectivity index (χ3n) is 5.63. The molecule has 8 heteroatoms. The second-order valence-electron chi connectivity index (χ2n) is 7.71. The predicted molar refractivity (Wildman–Crippen MR) is 123 cm³/mol. The van der Waals surface area contributed by atoms with Gasteiger partial charge in [0.1, 0.15) is 28.4 Å². The quantitative estimate of drug-likeness (QED) is 0.451. The van der Waals surface area contributed by atoms with Crippen LogP contribution in [0.4, 0.5) is 0 Å². The largest absolute Gasteiger partial charge is 0.490 e. The van der Waals surface area contributed by atoms with Crippen LogP contribution in [0, 0.1) is 4.64 Å². The Labute approximate surface area is 185 Å². The van der Waals surface area contributed by atoms with Crippen molar-refractivity contribution < 1.29 is 9.53 Å². The predicted octanol–water partition coefficient (Wildman–Crippen LogP) is 3.94. The molecular weight excluding hydrogens is 412 g/mol. The van der Waals surface area contributed by atoms with Crippen molar-refractivity contribution in [2.24, 2.45) is 0 Å². The van der Waals surface area contributed by atoms with Crippen LogP contribution < -0.4 is 10.3 Å². The average Bonchev–Trinajstić information content (AvgIpc) is 2.98. The molecule has 0 spiro atoms. The Balaban J connectivity index is 1.83. The van der Waals surface area contributed by atoms with Crippen LogP contribution in [0.2, 0.25) is 0 Å². The molecule has 1 saturated heterocycles. The number of rotatable bonds is 6. The lowest BCUT2D eigenvalue weighted by Crippen LogP contribution is -2.38. The molecule has 1 atom stereocenters. The van der Waals surface area contributed by atoms with Crippen LogP contribution in [0.25, 0.3) is 10.9 Å². The Kier molecular flexibility index (Phi) is 6.36. The first-order valence-electron chi connectivity index (χ1n) is 10.5. The van der Waals surface area contributed by atoms with Crippen LogP contribution in [0.1, 0.15) is 37.3 Å². The van der Waals surface area contributed by atoms with E-state index >= 15 is 0 Å². The Bertz CT molecular complexity index is 1200. The Morgan fingerprint density at radius 1 is 1.19 bits per heavy atom. The Hall–Kier alpha value is -3.13. The molecule has 0 radical (unpaired) electrons. The van der Waals surface area contributed by atoms with Gasteiger partial charge < -0.3 is 14.2 Å². The number of nitrogens with one attached hydrogen (secondary N) is 2. The van der Waals surface area contributed by atoms with Crippen molar-refractivity contribution in [1.29, 1.82) is 0 Å². The van der Waals surface area contributed by atoms with E-state index in [-0.39, 0.29) is 11.5 Å². The molecular formula is C23H26N4O3S. The zero-order chi connectivity index (χ0) is 21.8. The molecule has 1 aliphatic heterocycles. The number of hydrogen-bond acceptors (Lipinski definition) is 4. The van der Waals surface area contributed by atoms with Crippen molar-refractivity contribution in [2.45, 2.75) is 31.7 Å². The summed E-state index contributed by atoms with van der Waals surface area (Å²) in [7, 11) is 0. The summed E-state index contributed by atoms with van der Waals surface area (Å²) >= 11 is 5.67. The summed E-state index contributed by atoms with van der Waals surface area (Å²) < 4.78 is 7.74. The molecule has 0 saturated carbocycles. The van der Waals surface area contributed by atoms with Crippen molar-refractivity contribution in [2.75, 3.05) is 19.7 Å². The SMILES string of the molecule is C=CCOc1cccc(C(C(=O)N2CCCCCC2)n2ccc3[nH][nH]c(=O)c3c2=S)c1. The molecule has 7 nitrogen and oxygen atoms in total. The molecule has 1 aliphatic rings. The van der Waals surface area contributed by atoms with Gasteiger partial charge in [-0.25, -0.2) is 0 Å². The summed E-state index contributed by atoms with van der Waals surface area (Å²) in [6.07, 6.45) is 7.68. The van der Waals surface area contributed by atoms with E-state index in [4.69, 9.17) is 17.0 Å². The van der Waals surface area contributed by atoms with E-state index in [0.29, 0.717) is 27.9 Å². The van der Waals surface area contributed by atoms with Crippen molar-refractivity contribution in [3.05, 3.63) is 69.7 Å². The second-order valence-corrected chi connectivity index (χ2v) is 8.10. The number of carbonyl (C=O) groups excluding carboxylic acids is 1. The molecule has 1 aromatic carbocycles. The van der Waals surface area contributed by atoms with Gasteiger partial charge in [-0.1, -0.05) is 49.8 Å². The van der Waals surface area contributed by atoms with Crippen LogP contribution in [-0.4, -0.2) is 45.3 Å². The lowest BCUT2D eigenvalue weighted by atomic mass is 10.0. The molecule has 2 aromatic heterocycles. The molecule has 1 unspecified atom stereocenters. The molecule has 4 rings (SSSR count). The third-order valence-corrected chi connectivity index (χ3v) is 6.04. The smallest absolute Gasteiger partial charge is 0.274 e. The first-order chi connectivity index (χ1) is 15.1. The number of pyridine rings is 1. The van der Waals surface area contributed by atoms with Crippen LogP contribution >= 0.6 is 12.2 Å². The number of benzene rings is 1. The molecule has 2 N–H and O–H groups in total. The number of fused-ring (bicyclic) bond motifs is 1. The number of likely N-dealkylation sites (tertiary alicyclic amines) is 1. The fraction of sp³-hybridized carbons (Fsp3) is 0.348. The highest BCUT2D eigenvalue weighted by Crippen LogP contribution is 2.28. The number of nitrogens with zero attached hydrogens (tertiary/aromatic N) is 2. The first kappa shape index (κ1) is 21.1. The second kappa shape index (κ2) is 9.34. The van der Waals surface area contributed by atoms with Crippen LogP contribution in [-0.2, 0) is 4.79 Å². The van der Waals surface area contributed by atoms with Crippen LogP contribution in [0.15, 0.2) is 54.0 Å². The highest BCUT2D eigenvalue weighted by atomic mass is 32.1. The third kappa shape index (κ3) is 4.34. The summed E-state index contributed by atoms with van der Waals surface area (Å²) in [5.74, 6) is 0.628. The van der Waals surface area contributed by atoms with E-state index in [1.807, 2.05) is 29.2 Å². The zero-order valence-corrected chi connectivity index (χ0v) is 18.1. The molecule has 3 heterocycles. The Morgan fingerprint density at radius 2 is 1.97 bits per heavy atom. The van der Waals surface area contributed by atoms with Crippen molar-refractivity contribution >= 4 is 29.0 Å². The standard InChI is InChI=1S/C23H26N4O3S/c1-2-14-30-17-9-7-8-16(15-17)20(22(29)26-11-5-3-4-6-12-26)27-13-10-18-19(23(27)31)21(28)25-24-18/h2,7-10,13,15,20H,1,3-6,11-12,14H2,(H2,24,25,28). The molecule has 1 fully saturated rings. The van der Waals surface area contributed by atoms with Crippen LogP contribution in [0.3, 0.4) is 0 Å². The van der Waals surface area contributed by atoms with Gasteiger partial charge in [-0.3, -0.25) is 19.8 Å². The Morgan fingerprint density at radius 3 is 2.71 bits per heavy atom. The maximum absolute atomic E-state index is 13.8. The minimum atomic E-state index is -0.684. The summed E-state index contributed by atoms with van der Waals surface area (Å²) in [5.41, 5.74) is 1.09. The van der Waals surface area contributed by atoms with E-state index in [1.165, 1.54) is 0 Å². The first-order valence-corrected chi connectivity index (χ1v) is 10.9. The lowest BCUT2D eigenvalue weighted by Gasteiger charge is -2.28. The number of H-pyrrole nitrogens is 2. The van der Waals surface area contributed by atoms with Gasteiger partial charge >= 0.3 is 0 Å². The van der Waals surface area contributed by atoms with Gasteiger partial charge in [0.15, 0.2) is 0 Å². The number of hydrogen-bond donors (Lipinski definition) is 2. The van der Waals surface area contributed by atoms with Crippen molar-refractivity contribution in [3.63, 3.8) is 0 Å². The van der Waals surface area contributed by atoms with E-state index in [9.17, 15) is 9.59 Å². The molecule has 1 amide bonds. The van der Waals surface area contributed by atoms with E-state index < -0.39 is 6.04 Å². The summed E-state index contributed by atoms with van der Waals surface area (Å²) in [5, 5.41) is 5.78. The molecule has 31 heavy (non-hydrogen) atoms. The molecule has 0 bridgehead atoms.